The van der Waals surface area contributed by atoms with Crippen molar-refractivity contribution in [3.8, 4) is 0 Å². The maximum absolute atomic E-state index is 12.3. The minimum absolute atomic E-state index is 0.0104. The summed E-state index contributed by atoms with van der Waals surface area (Å²) in [6.45, 7) is 30.2. The van der Waals surface area contributed by atoms with Gasteiger partial charge in [-0.15, -0.1) is 0 Å². The Balaban J connectivity index is -0.000000516. The Bertz CT molecular complexity index is 4700. The molecule has 0 heterocycles. The summed E-state index contributed by atoms with van der Waals surface area (Å²) in [5.74, 6) is -2.33. The van der Waals surface area contributed by atoms with Crippen molar-refractivity contribution < 1.29 is 142 Å². The molecule has 24 N–H and O–H groups in total. The fourth-order valence-electron chi connectivity index (χ4n) is 13.4. The summed E-state index contributed by atoms with van der Waals surface area (Å²) in [6, 6.07) is 16.4. The molecule has 0 saturated heterocycles. The van der Waals surface area contributed by atoms with Gasteiger partial charge in [0.15, 0.2) is 0 Å². The fraction of sp³-hybridized carbons (Fsp3) is 0.775. The Morgan fingerprint density at radius 3 is 0.697 bits per heavy atom. The van der Waals surface area contributed by atoms with Gasteiger partial charge >= 0.3 is 0 Å². The van der Waals surface area contributed by atoms with Gasteiger partial charge in [-0.05, 0) is 188 Å². The molecule has 8 amide bonds. The molecule has 8 atom stereocenters. The SMILES string of the molecule is CC(C)[C@H](NCCCS(=O)(=O)O)C(=O)NC1CCCCC1.CNC(=O)[C@@H](CC(C)C)NCCCS(=O)(=O)O.CNC(=O)[C@@H](Cc1ccccc1)NCCCS(=O)(=O)O.CNC(=O)[C@@H](NCCCS(=O)(=O)O)C(C)(C)C.CNC(=O)[C@H](CC(C)C)NCCCS(=O)(=O)O.CNC(=O)[C@H](Cc1ccccc1)NCCCS(=O)(=O)O.CNC(=O)[C@H](NCCCS(=O)(=O)O)C(C)(C)C.CNC(=O)[C@H](NCCCS(=O)(=O)O)C(C)C. The van der Waals surface area contributed by atoms with Crippen molar-refractivity contribution in [3.63, 3.8) is 0 Å². The van der Waals surface area contributed by atoms with Crippen molar-refractivity contribution in [1.82, 2.24) is 85.1 Å². The van der Waals surface area contributed by atoms with Crippen LogP contribution >= 0.6 is 0 Å². The van der Waals surface area contributed by atoms with Crippen molar-refractivity contribution in [1.29, 1.82) is 0 Å². The fourth-order valence-corrected chi connectivity index (χ4v) is 17.5. The minimum atomic E-state index is -3.95. The van der Waals surface area contributed by atoms with Crippen LogP contribution in [-0.2, 0) is 132 Å². The molecule has 0 radical (unpaired) electrons. The van der Waals surface area contributed by atoms with E-state index in [2.05, 4.69) is 85.1 Å². The van der Waals surface area contributed by atoms with E-state index in [1.165, 1.54) is 19.3 Å². The average Bonchev–Trinajstić information content (AvgIpc) is 0.863. The van der Waals surface area contributed by atoms with Crippen molar-refractivity contribution in [2.45, 2.75) is 260 Å². The van der Waals surface area contributed by atoms with Gasteiger partial charge in [0.2, 0.25) is 47.3 Å². The third-order valence-electron chi connectivity index (χ3n) is 20.7. The molecule has 1 aliphatic carbocycles. The van der Waals surface area contributed by atoms with E-state index in [9.17, 15) is 106 Å². The van der Waals surface area contributed by atoms with Crippen LogP contribution in [0.2, 0.25) is 0 Å². The van der Waals surface area contributed by atoms with E-state index >= 15 is 0 Å². The van der Waals surface area contributed by atoms with Crippen LogP contribution in [0.4, 0.5) is 0 Å². The second-order valence-electron chi connectivity index (χ2n) is 37.8. The number of amides is 8. The number of nitrogens with one attached hydrogen (secondary N) is 16. The van der Waals surface area contributed by atoms with E-state index in [0.29, 0.717) is 96.3 Å². The highest BCUT2D eigenvalue weighted by Crippen LogP contribution is 2.22. The average molecular weight is 2240 g/mol. The van der Waals surface area contributed by atoms with Crippen LogP contribution in [0.15, 0.2) is 60.7 Å². The molecule has 0 aromatic heterocycles. The highest BCUT2D eigenvalue weighted by molar-refractivity contribution is 7.87. The Hall–Kier alpha value is -6.84. The third kappa shape index (κ3) is 89.7. The van der Waals surface area contributed by atoms with Crippen molar-refractivity contribution in [2.24, 2.45) is 34.5 Å². The maximum Gasteiger partial charge on any atom is 0.264 e. The van der Waals surface area contributed by atoms with Crippen LogP contribution in [0, 0.1) is 34.5 Å². The van der Waals surface area contributed by atoms with E-state index in [-0.39, 0.29) is 191 Å². The van der Waals surface area contributed by atoms with Crippen LogP contribution in [0.5, 0.6) is 0 Å². The van der Waals surface area contributed by atoms with Gasteiger partial charge in [-0.25, -0.2) is 0 Å². The summed E-state index contributed by atoms with van der Waals surface area (Å²) in [4.78, 5) is 93.5. The summed E-state index contributed by atoms with van der Waals surface area (Å²) in [7, 11) is -20.5. The first-order valence-corrected chi connectivity index (χ1v) is 60.8. The zero-order valence-electron chi connectivity index (χ0n) is 88.3. The first-order chi connectivity index (χ1) is 66.6. The van der Waals surface area contributed by atoms with E-state index in [4.69, 9.17) is 36.4 Å². The number of hydrogen-bond acceptors (Lipinski definition) is 32. The summed E-state index contributed by atoms with van der Waals surface area (Å²) in [5, 5.41) is 45.0. The lowest BCUT2D eigenvalue weighted by Gasteiger charge is -2.30. The summed E-state index contributed by atoms with van der Waals surface area (Å²) < 4.78 is 237. The number of benzene rings is 2. The normalized spacial score (nSPS) is 14.4. The number of carbonyl (C=O) groups is 8. The van der Waals surface area contributed by atoms with Gasteiger partial charge in [0.25, 0.3) is 80.9 Å². The van der Waals surface area contributed by atoms with E-state index in [1.807, 2.05) is 158 Å². The van der Waals surface area contributed by atoms with Crippen molar-refractivity contribution in [3.05, 3.63) is 71.8 Å². The Labute approximate surface area is 864 Å². The molecule has 56 heteroatoms. The molecule has 145 heavy (non-hydrogen) atoms. The second kappa shape index (κ2) is 77.5. The summed E-state index contributed by atoms with van der Waals surface area (Å²) >= 11 is 0. The zero-order chi connectivity index (χ0) is 113. The van der Waals surface area contributed by atoms with E-state index < -0.39 is 105 Å². The second-order valence-corrected chi connectivity index (χ2v) is 50.4. The Kier molecular flexibility index (Phi) is 78.3. The van der Waals surface area contributed by atoms with E-state index in [0.717, 1.165) is 24.0 Å². The van der Waals surface area contributed by atoms with Gasteiger partial charge in [0.1, 0.15) is 0 Å². The van der Waals surface area contributed by atoms with Gasteiger partial charge < -0.3 is 85.1 Å². The lowest BCUT2D eigenvalue weighted by atomic mass is 9.86. The Morgan fingerprint density at radius 1 is 0.283 bits per heavy atom. The molecular formula is C89H176N16O32S8. The Morgan fingerprint density at radius 2 is 0.490 bits per heavy atom. The molecule has 0 bridgehead atoms. The van der Waals surface area contributed by atoms with Gasteiger partial charge in [-0.3, -0.25) is 74.8 Å². The zero-order valence-corrected chi connectivity index (χ0v) is 94.8. The number of likely N-dealkylation sites (N-methyl/N-ethyl adjacent to an activating group) is 7. The number of rotatable bonds is 59. The highest BCUT2D eigenvalue weighted by Gasteiger charge is 2.33. The molecule has 3 rings (SSSR count). The van der Waals surface area contributed by atoms with Crippen LogP contribution in [0.1, 0.15) is 204 Å². The first kappa shape index (κ1) is 147. The maximum atomic E-state index is 12.3. The van der Waals surface area contributed by atoms with Gasteiger partial charge in [-0.2, -0.15) is 67.3 Å². The van der Waals surface area contributed by atoms with Crippen LogP contribution in [0.25, 0.3) is 0 Å². The minimum Gasteiger partial charge on any atom is -0.358 e. The van der Waals surface area contributed by atoms with Crippen LogP contribution < -0.4 is 85.1 Å². The van der Waals surface area contributed by atoms with Crippen LogP contribution in [0.3, 0.4) is 0 Å². The highest BCUT2D eigenvalue weighted by atomic mass is 32.2. The molecular weight excluding hydrogens is 2060 g/mol. The quantitative estimate of drug-likeness (QED) is 0.0329. The first-order valence-electron chi connectivity index (χ1n) is 48.0. The molecule has 0 aliphatic heterocycles. The lowest BCUT2D eigenvalue weighted by molar-refractivity contribution is -0.125. The molecule has 2 aromatic carbocycles. The van der Waals surface area contributed by atoms with Crippen molar-refractivity contribution >= 4 is 128 Å². The molecule has 1 aliphatic rings. The molecule has 1 fully saturated rings. The summed E-state index contributed by atoms with van der Waals surface area (Å²) in [6.07, 6.45) is 10.2. The topological polar surface area (TPSA) is 764 Å². The summed E-state index contributed by atoms with van der Waals surface area (Å²) in [5.41, 5.74) is 1.50. The third-order valence-corrected chi connectivity index (χ3v) is 27.1. The molecule has 0 spiro atoms. The molecule has 48 nitrogen and oxygen atoms in total. The monoisotopic (exact) mass is 2240 g/mol. The van der Waals surface area contributed by atoms with Crippen LogP contribution in [-0.4, -0.2) is 353 Å². The predicted octanol–water partition coefficient (Wildman–Crippen LogP) is 1.43. The number of carbonyl (C=O) groups excluding carboxylic acids is 8. The van der Waals surface area contributed by atoms with E-state index in [1.54, 1.807) is 49.3 Å². The van der Waals surface area contributed by atoms with Gasteiger partial charge in [-0.1, -0.05) is 177 Å². The standard InChI is InChI=1S/C14H28N2O4S.2C13H20N2O4S.4C10H22N2O4S.C9H20N2O4S/c1-11(2)13(15-9-6-10-21(18,19)20)14(17)16-12-7-4-3-5-8-12;2*1-14-13(16)12(10-11-6-3-2-4-7-11)15-8-5-9-20(17,18)19;2*1-10(2,3)8(9(13)11-4)12-6-5-7-17(14,15)16;2*1-8(2)7-9(10(13)11-3)12-5-4-6-17(14,15)16;1-7(2)8(9(12)10-3)11-5-4-6-16(13,14)15/h11-13,15H,3-10H2,1-2H3,(H,16,17)(H,18,19,20);2*2-4,6-7,12,15H,5,8-10H2,1H3,(H,14,16)(H,17,18,19);2*8,12H,5-7H2,1-4H3,(H,11,13)(H,14,15,16);2*8-9,12H,4-7H2,1-3H3,(H,11,13)(H,14,15,16);7-8,11H,4-6H2,1-3H3,(H,10,12)(H,13,14,15)/t13-;2*12-;2*8-;2*9-;8-/m01010101/s1. The number of hydrogen-bond donors (Lipinski definition) is 24. The van der Waals surface area contributed by atoms with Crippen molar-refractivity contribution in [2.75, 3.05) is 148 Å². The molecule has 0 unspecified atom stereocenters. The molecule has 1 saturated carbocycles. The molecule has 852 valence electrons. The molecule has 2 aromatic rings. The predicted molar refractivity (Wildman–Crippen MR) is 564 cm³/mol. The largest absolute Gasteiger partial charge is 0.358 e. The van der Waals surface area contributed by atoms with Gasteiger partial charge in [0, 0.05) is 55.4 Å². The smallest absolute Gasteiger partial charge is 0.264 e. The van der Waals surface area contributed by atoms with Gasteiger partial charge in [0.05, 0.1) is 94.4 Å². The lowest BCUT2D eigenvalue weighted by Crippen LogP contribution is -2.51.